The summed E-state index contributed by atoms with van der Waals surface area (Å²) >= 11 is 0. The van der Waals surface area contributed by atoms with Crippen LogP contribution in [0.15, 0.2) is 0 Å². The average Bonchev–Trinajstić information content (AvgIpc) is 3.13. The highest BCUT2D eigenvalue weighted by Gasteiger charge is 2.36. The van der Waals surface area contributed by atoms with E-state index in [1.54, 1.807) is 0 Å². The Morgan fingerprint density at radius 1 is 1.16 bits per heavy atom. The number of piperidine rings is 1. The molecule has 1 aliphatic carbocycles. The van der Waals surface area contributed by atoms with Gasteiger partial charge in [-0.15, -0.1) is 0 Å². The van der Waals surface area contributed by atoms with E-state index in [-0.39, 0.29) is 12.0 Å². The highest BCUT2D eigenvalue weighted by Crippen LogP contribution is 2.32. The number of likely N-dealkylation sites (tertiary alicyclic amines) is 1. The second-order valence-electron chi connectivity index (χ2n) is 6.28. The maximum atomic E-state index is 12.2. The minimum atomic E-state index is 0.0386. The fraction of sp³-hybridized carbons (Fsp3) is 0.933. The number of carbonyl (C=O) groups is 1. The molecule has 3 rings (SSSR count). The van der Waals surface area contributed by atoms with Crippen molar-refractivity contribution in [3.63, 3.8) is 0 Å². The van der Waals surface area contributed by atoms with Crippen LogP contribution in [0.5, 0.6) is 0 Å². The first-order valence-electron chi connectivity index (χ1n) is 7.97. The van der Waals surface area contributed by atoms with E-state index in [1.165, 1.54) is 25.7 Å². The summed E-state index contributed by atoms with van der Waals surface area (Å²) < 4.78 is 5.50. The number of carbonyl (C=O) groups excluding carboxylic acids is 1. The highest BCUT2D eigenvalue weighted by atomic mass is 16.5. The predicted octanol–water partition coefficient (Wildman–Crippen LogP) is 1.55. The molecule has 0 radical (unpaired) electrons. The van der Waals surface area contributed by atoms with E-state index >= 15 is 0 Å². The lowest BCUT2D eigenvalue weighted by Crippen LogP contribution is -2.48. The fourth-order valence-corrected chi connectivity index (χ4v) is 3.45. The maximum Gasteiger partial charge on any atom is 0.323 e. The second kappa shape index (κ2) is 6.23. The van der Waals surface area contributed by atoms with Gasteiger partial charge in [0.1, 0.15) is 6.04 Å². The van der Waals surface area contributed by atoms with Gasteiger partial charge < -0.3 is 10.1 Å². The molecule has 2 aliphatic heterocycles. The molecule has 4 nitrogen and oxygen atoms in total. The second-order valence-corrected chi connectivity index (χ2v) is 6.28. The van der Waals surface area contributed by atoms with E-state index in [1.807, 2.05) is 0 Å². The summed E-state index contributed by atoms with van der Waals surface area (Å²) in [5.74, 6) is 0.883. The molecule has 0 spiro atoms. The molecule has 0 aromatic rings. The summed E-state index contributed by atoms with van der Waals surface area (Å²) in [5, 5.41) is 3.39. The van der Waals surface area contributed by atoms with Crippen molar-refractivity contribution in [2.75, 3.05) is 26.2 Å². The van der Waals surface area contributed by atoms with E-state index < -0.39 is 0 Å². The van der Waals surface area contributed by atoms with Crippen LogP contribution in [0, 0.1) is 5.92 Å². The molecule has 1 saturated carbocycles. The van der Waals surface area contributed by atoms with Crippen molar-refractivity contribution >= 4 is 5.97 Å². The molecular formula is C15H26N2O2. The molecule has 3 aliphatic rings. The van der Waals surface area contributed by atoms with Crippen LogP contribution in [0.3, 0.4) is 0 Å². The lowest BCUT2D eigenvalue weighted by molar-refractivity contribution is -0.150. The van der Waals surface area contributed by atoms with E-state index in [0.29, 0.717) is 12.6 Å². The van der Waals surface area contributed by atoms with Gasteiger partial charge in [-0.25, -0.2) is 0 Å². The third-order valence-electron chi connectivity index (χ3n) is 4.81. The Morgan fingerprint density at radius 3 is 2.68 bits per heavy atom. The van der Waals surface area contributed by atoms with Gasteiger partial charge in [0.2, 0.25) is 0 Å². The normalized spacial score (nSPS) is 29.6. The Balaban J connectivity index is 1.47. The third kappa shape index (κ3) is 3.48. The number of ether oxygens (including phenoxy) is 1. The Morgan fingerprint density at radius 2 is 1.95 bits per heavy atom. The van der Waals surface area contributed by atoms with Crippen LogP contribution < -0.4 is 5.32 Å². The smallest absolute Gasteiger partial charge is 0.323 e. The molecule has 1 unspecified atom stereocenters. The number of esters is 1. The van der Waals surface area contributed by atoms with Crippen LogP contribution in [0.1, 0.15) is 44.9 Å². The van der Waals surface area contributed by atoms with Crippen LogP contribution >= 0.6 is 0 Å². The number of hydrogen-bond donors (Lipinski definition) is 1. The Hall–Kier alpha value is -0.610. The Kier molecular flexibility index (Phi) is 4.38. The topological polar surface area (TPSA) is 41.6 Å². The number of rotatable bonds is 5. The largest absolute Gasteiger partial charge is 0.465 e. The predicted molar refractivity (Wildman–Crippen MR) is 73.9 cm³/mol. The lowest BCUT2D eigenvalue weighted by atomic mass is 10.0. The number of nitrogens with one attached hydrogen (secondary N) is 1. The highest BCUT2D eigenvalue weighted by molar-refractivity contribution is 5.76. The van der Waals surface area contributed by atoms with Gasteiger partial charge in [0, 0.05) is 6.04 Å². The van der Waals surface area contributed by atoms with Crippen molar-refractivity contribution in [3.8, 4) is 0 Å². The molecular weight excluding hydrogens is 240 g/mol. The number of nitrogens with zero attached hydrogens (tertiary/aromatic N) is 1. The van der Waals surface area contributed by atoms with Gasteiger partial charge in [-0.05, 0) is 57.7 Å². The van der Waals surface area contributed by atoms with Gasteiger partial charge in [0.15, 0.2) is 0 Å². The van der Waals surface area contributed by atoms with Crippen LogP contribution in [0.2, 0.25) is 0 Å². The Labute approximate surface area is 115 Å². The van der Waals surface area contributed by atoms with E-state index in [2.05, 4.69) is 10.2 Å². The SMILES string of the molecule is O=C(OCCC1CC1)C1CCCN1C1CCNCC1. The van der Waals surface area contributed by atoms with Gasteiger partial charge >= 0.3 is 5.97 Å². The zero-order valence-electron chi connectivity index (χ0n) is 11.8. The van der Waals surface area contributed by atoms with E-state index in [4.69, 9.17) is 4.74 Å². The standard InChI is InChI=1S/C15H26N2O2/c18-15(19-11-7-12-3-4-12)14-2-1-10-17(14)13-5-8-16-9-6-13/h12-14,16H,1-11H2. The zero-order chi connectivity index (χ0) is 13.1. The summed E-state index contributed by atoms with van der Waals surface area (Å²) in [6.45, 7) is 3.89. The Bertz CT molecular complexity index is 311. The lowest BCUT2D eigenvalue weighted by Gasteiger charge is -2.34. The van der Waals surface area contributed by atoms with Gasteiger partial charge in [0.05, 0.1) is 6.61 Å². The van der Waals surface area contributed by atoms with Crippen molar-refractivity contribution in [2.24, 2.45) is 5.92 Å². The summed E-state index contributed by atoms with van der Waals surface area (Å²) in [5.41, 5.74) is 0. The monoisotopic (exact) mass is 266 g/mol. The molecule has 2 heterocycles. The van der Waals surface area contributed by atoms with E-state index in [9.17, 15) is 4.79 Å². The molecule has 4 heteroatoms. The third-order valence-corrected chi connectivity index (χ3v) is 4.81. The molecule has 0 amide bonds. The van der Waals surface area contributed by atoms with Gasteiger partial charge in [-0.2, -0.15) is 0 Å². The summed E-state index contributed by atoms with van der Waals surface area (Å²) in [4.78, 5) is 14.6. The van der Waals surface area contributed by atoms with Crippen LogP contribution in [0.25, 0.3) is 0 Å². The van der Waals surface area contributed by atoms with Gasteiger partial charge in [-0.3, -0.25) is 9.69 Å². The summed E-state index contributed by atoms with van der Waals surface area (Å²) in [7, 11) is 0. The first kappa shape index (κ1) is 13.4. The maximum absolute atomic E-state index is 12.2. The molecule has 108 valence electrons. The molecule has 19 heavy (non-hydrogen) atoms. The minimum absolute atomic E-state index is 0.0386. The van der Waals surface area contributed by atoms with Crippen molar-refractivity contribution in [2.45, 2.75) is 57.0 Å². The molecule has 1 N–H and O–H groups in total. The molecule has 1 atom stereocenters. The first-order chi connectivity index (χ1) is 9.34. The molecule has 2 saturated heterocycles. The molecule has 0 aromatic heterocycles. The number of hydrogen-bond acceptors (Lipinski definition) is 4. The molecule has 0 aromatic carbocycles. The van der Waals surface area contributed by atoms with Crippen molar-refractivity contribution in [3.05, 3.63) is 0 Å². The minimum Gasteiger partial charge on any atom is -0.465 e. The molecule has 0 bridgehead atoms. The average molecular weight is 266 g/mol. The molecule has 3 fully saturated rings. The fourth-order valence-electron chi connectivity index (χ4n) is 3.45. The summed E-state index contributed by atoms with van der Waals surface area (Å²) in [6, 6.07) is 0.632. The van der Waals surface area contributed by atoms with Crippen molar-refractivity contribution < 1.29 is 9.53 Å². The summed E-state index contributed by atoms with van der Waals surface area (Å²) in [6.07, 6.45) is 8.23. The van der Waals surface area contributed by atoms with Crippen molar-refractivity contribution in [1.82, 2.24) is 10.2 Å². The zero-order valence-corrected chi connectivity index (χ0v) is 11.8. The van der Waals surface area contributed by atoms with Crippen LogP contribution in [-0.2, 0) is 9.53 Å². The van der Waals surface area contributed by atoms with E-state index in [0.717, 1.165) is 44.8 Å². The van der Waals surface area contributed by atoms with Crippen molar-refractivity contribution in [1.29, 1.82) is 0 Å². The van der Waals surface area contributed by atoms with Gasteiger partial charge in [0.25, 0.3) is 0 Å². The van der Waals surface area contributed by atoms with Gasteiger partial charge in [-0.1, -0.05) is 12.8 Å². The van der Waals surface area contributed by atoms with Crippen LogP contribution in [0.4, 0.5) is 0 Å². The first-order valence-corrected chi connectivity index (χ1v) is 7.97. The van der Waals surface area contributed by atoms with Crippen LogP contribution in [-0.4, -0.2) is 49.2 Å². The quantitative estimate of drug-likeness (QED) is 0.767.